The summed E-state index contributed by atoms with van der Waals surface area (Å²) in [6.07, 6.45) is 0.174. The minimum Gasteiger partial charge on any atom is -0.462 e. The second-order valence-electron chi connectivity index (χ2n) is 3.01. The van der Waals surface area contributed by atoms with E-state index < -0.39 is 0 Å². The van der Waals surface area contributed by atoms with Crippen LogP contribution >= 0.6 is 0 Å². The quantitative estimate of drug-likeness (QED) is 0.569. The van der Waals surface area contributed by atoms with Gasteiger partial charge in [-0.2, -0.15) is 0 Å². The Labute approximate surface area is 70.8 Å². The summed E-state index contributed by atoms with van der Waals surface area (Å²) in [6, 6.07) is 0. The third kappa shape index (κ3) is 2.22. The van der Waals surface area contributed by atoms with Gasteiger partial charge in [0.25, 0.3) is 0 Å². The van der Waals surface area contributed by atoms with Crippen LogP contribution in [0, 0.1) is 5.92 Å². The third-order valence-corrected chi connectivity index (χ3v) is 1.86. The lowest BCUT2D eigenvalue weighted by atomic mass is 10.1. The van der Waals surface area contributed by atoms with Crippen molar-refractivity contribution >= 4 is 11.9 Å². The van der Waals surface area contributed by atoms with Gasteiger partial charge in [-0.25, -0.2) is 0 Å². The van der Waals surface area contributed by atoms with Crippen LogP contribution in [0.1, 0.15) is 20.3 Å². The van der Waals surface area contributed by atoms with E-state index in [4.69, 9.17) is 9.47 Å². The zero-order valence-corrected chi connectivity index (χ0v) is 7.20. The molecule has 1 aliphatic rings. The lowest BCUT2D eigenvalue weighted by Crippen LogP contribution is -2.22. The van der Waals surface area contributed by atoms with Crippen LogP contribution in [-0.4, -0.2) is 24.6 Å². The molecule has 0 spiro atoms. The highest BCUT2D eigenvalue weighted by molar-refractivity contribution is 5.72. The maximum atomic E-state index is 10.7. The first-order valence-corrected chi connectivity index (χ1v) is 3.92. The average molecular weight is 172 g/mol. The minimum atomic E-state index is -0.342. The van der Waals surface area contributed by atoms with Gasteiger partial charge in [0.15, 0.2) is 0 Å². The molecule has 1 rings (SSSR count). The van der Waals surface area contributed by atoms with Gasteiger partial charge in [-0.1, -0.05) is 6.92 Å². The van der Waals surface area contributed by atoms with E-state index >= 15 is 0 Å². The fourth-order valence-electron chi connectivity index (χ4n) is 1.13. The first kappa shape index (κ1) is 9.03. The monoisotopic (exact) mass is 172 g/mol. The van der Waals surface area contributed by atoms with Gasteiger partial charge in [0.1, 0.15) is 12.7 Å². The van der Waals surface area contributed by atoms with Crippen LogP contribution in [0.3, 0.4) is 0 Å². The first-order valence-electron chi connectivity index (χ1n) is 3.92. The van der Waals surface area contributed by atoms with Crippen molar-refractivity contribution in [3.8, 4) is 0 Å². The van der Waals surface area contributed by atoms with Crippen molar-refractivity contribution in [3.05, 3.63) is 0 Å². The maximum Gasteiger partial charge on any atom is 0.306 e. The molecule has 12 heavy (non-hydrogen) atoms. The molecule has 4 heteroatoms. The molecule has 0 aliphatic carbocycles. The summed E-state index contributed by atoms with van der Waals surface area (Å²) in [4.78, 5) is 21.2. The number of cyclic esters (lactones) is 1. The number of ether oxygens (including phenoxy) is 2. The number of hydrogen-bond acceptors (Lipinski definition) is 4. The van der Waals surface area contributed by atoms with Crippen molar-refractivity contribution in [2.75, 3.05) is 6.61 Å². The van der Waals surface area contributed by atoms with Crippen molar-refractivity contribution in [3.63, 3.8) is 0 Å². The average Bonchev–Trinajstić information content (AvgIpc) is 2.26. The van der Waals surface area contributed by atoms with Crippen molar-refractivity contribution in [1.82, 2.24) is 0 Å². The van der Waals surface area contributed by atoms with Gasteiger partial charge in [-0.3, -0.25) is 9.59 Å². The van der Waals surface area contributed by atoms with Crippen LogP contribution in [0.5, 0.6) is 0 Å². The Bertz CT molecular complexity index is 199. The van der Waals surface area contributed by atoms with E-state index in [0.717, 1.165) is 0 Å². The van der Waals surface area contributed by atoms with Gasteiger partial charge >= 0.3 is 11.9 Å². The smallest absolute Gasteiger partial charge is 0.306 e. The first-order chi connectivity index (χ1) is 5.59. The minimum absolute atomic E-state index is 0.150. The molecule has 0 amide bonds. The van der Waals surface area contributed by atoms with E-state index in [9.17, 15) is 9.59 Å². The van der Waals surface area contributed by atoms with E-state index in [1.165, 1.54) is 6.92 Å². The molecular formula is C8H12O4. The number of carbonyl (C=O) groups is 2. The Morgan fingerprint density at radius 1 is 1.75 bits per heavy atom. The zero-order valence-electron chi connectivity index (χ0n) is 7.20. The van der Waals surface area contributed by atoms with Gasteiger partial charge in [0.2, 0.25) is 0 Å². The lowest BCUT2D eigenvalue weighted by Gasteiger charge is -2.12. The van der Waals surface area contributed by atoms with Crippen molar-refractivity contribution < 1.29 is 19.1 Å². The number of esters is 2. The van der Waals surface area contributed by atoms with Crippen LogP contribution in [-0.2, 0) is 19.1 Å². The van der Waals surface area contributed by atoms with Gasteiger partial charge in [-0.15, -0.1) is 0 Å². The van der Waals surface area contributed by atoms with Crippen LogP contribution < -0.4 is 0 Å². The molecule has 68 valence electrons. The highest BCUT2D eigenvalue weighted by Gasteiger charge is 2.31. The number of carbonyl (C=O) groups excluding carboxylic acids is 2. The number of hydrogen-bond donors (Lipinski definition) is 0. The van der Waals surface area contributed by atoms with E-state index in [1.54, 1.807) is 0 Å². The van der Waals surface area contributed by atoms with E-state index in [-0.39, 0.29) is 30.6 Å². The van der Waals surface area contributed by atoms with Gasteiger partial charge in [0, 0.05) is 12.8 Å². The zero-order chi connectivity index (χ0) is 9.14. The fraction of sp³-hybridized carbons (Fsp3) is 0.750. The van der Waals surface area contributed by atoms with E-state index in [1.807, 2.05) is 6.92 Å². The molecule has 1 saturated heterocycles. The molecule has 0 unspecified atom stereocenters. The Hall–Kier alpha value is -1.06. The van der Waals surface area contributed by atoms with Crippen LogP contribution in [0.25, 0.3) is 0 Å². The predicted octanol–water partition coefficient (Wildman–Crippen LogP) is 0.501. The molecule has 2 atom stereocenters. The highest BCUT2D eigenvalue weighted by atomic mass is 16.6. The van der Waals surface area contributed by atoms with Gasteiger partial charge in [0.05, 0.1) is 6.42 Å². The van der Waals surface area contributed by atoms with Gasteiger partial charge < -0.3 is 9.47 Å². The normalized spacial score (nSPS) is 28.3. The van der Waals surface area contributed by atoms with Crippen LogP contribution in [0.4, 0.5) is 0 Å². The molecule has 1 fully saturated rings. The SMILES string of the molecule is CC(=O)OC[C@@H]1OC(=O)C[C@@H]1C. The Morgan fingerprint density at radius 2 is 2.42 bits per heavy atom. The molecule has 1 aliphatic heterocycles. The Kier molecular flexibility index (Phi) is 2.68. The fourth-order valence-corrected chi connectivity index (χ4v) is 1.13. The van der Waals surface area contributed by atoms with Crippen molar-refractivity contribution in [2.45, 2.75) is 26.4 Å². The second-order valence-corrected chi connectivity index (χ2v) is 3.01. The molecule has 0 N–H and O–H groups in total. The van der Waals surface area contributed by atoms with E-state index in [2.05, 4.69) is 0 Å². The third-order valence-electron chi connectivity index (χ3n) is 1.86. The summed E-state index contributed by atoms with van der Waals surface area (Å²) in [7, 11) is 0. The molecule has 1 heterocycles. The molecular weight excluding hydrogens is 160 g/mol. The van der Waals surface area contributed by atoms with Crippen LogP contribution in [0.2, 0.25) is 0 Å². The highest BCUT2D eigenvalue weighted by Crippen LogP contribution is 2.21. The predicted molar refractivity (Wildman–Crippen MR) is 40.3 cm³/mol. The van der Waals surface area contributed by atoms with Gasteiger partial charge in [-0.05, 0) is 0 Å². The van der Waals surface area contributed by atoms with Crippen molar-refractivity contribution in [2.24, 2.45) is 5.92 Å². The summed E-state index contributed by atoms with van der Waals surface area (Å²) in [6.45, 7) is 3.42. The number of rotatable bonds is 2. The summed E-state index contributed by atoms with van der Waals surface area (Å²) in [5, 5.41) is 0. The topological polar surface area (TPSA) is 52.6 Å². The maximum absolute atomic E-state index is 10.7. The summed E-state index contributed by atoms with van der Waals surface area (Å²) in [5.74, 6) is -0.401. The van der Waals surface area contributed by atoms with E-state index in [0.29, 0.717) is 6.42 Å². The second kappa shape index (κ2) is 3.56. The molecule has 4 nitrogen and oxygen atoms in total. The van der Waals surface area contributed by atoms with Crippen LogP contribution in [0.15, 0.2) is 0 Å². The Morgan fingerprint density at radius 3 is 2.83 bits per heavy atom. The molecule has 0 saturated carbocycles. The largest absolute Gasteiger partial charge is 0.462 e. The van der Waals surface area contributed by atoms with Crippen molar-refractivity contribution in [1.29, 1.82) is 0 Å². The summed E-state index contributed by atoms with van der Waals surface area (Å²) >= 11 is 0. The molecule has 0 aromatic heterocycles. The molecule has 0 radical (unpaired) electrons. The lowest BCUT2D eigenvalue weighted by molar-refractivity contribution is -0.151. The molecule has 0 bridgehead atoms. The molecule has 0 aromatic carbocycles. The summed E-state index contributed by atoms with van der Waals surface area (Å²) < 4.78 is 9.64. The molecule has 0 aromatic rings. The summed E-state index contributed by atoms with van der Waals surface area (Å²) in [5.41, 5.74) is 0. The Balaban J connectivity index is 2.33. The standard InChI is InChI=1S/C8H12O4/c1-5-3-8(10)12-7(5)4-11-6(2)9/h5,7H,3-4H2,1-2H3/t5-,7-/m0/s1.